The summed E-state index contributed by atoms with van der Waals surface area (Å²) in [6.07, 6.45) is 8.61. The van der Waals surface area contributed by atoms with Crippen LogP contribution in [0.4, 0.5) is 0 Å². The van der Waals surface area contributed by atoms with Gasteiger partial charge in [0.2, 0.25) is 0 Å². The molecule has 0 N–H and O–H groups in total. The van der Waals surface area contributed by atoms with Crippen LogP contribution in [0.25, 0.3) is 0 Å². The molecule has 1 aliphatic rings. The summed E-state index contributed by atoms with van der Waals surface area (Å²) in [6, 6.07) is 0.978. The molecular weight excluding hydrogens is 332 g/mol. The van der Waals surface area contributed by atoms with Gasteiger partial charge in [0.15, 0.2) is 0 Å². The van der Waals surface area contributed by atoms with E-state index in [1.807, 2.05) is 21.3 Å². The van der Waals surface area contributed by atoms with Crippen LogP contribution in [0.5, 0.6) is 0 Å². The van der Waals surface area contributed by atoms with Crippen molar-refractivity contribution in [2.24, 2.45) is 5.92 Å². The highest BCUT2D eigenvalue weighted by Crippen LogP contribution is 2.53. The second-order valence-electron chi connectivity index (χ2n) is 7.94. The van der Waals surface area contributed by atoms with Crippen molar-refractivity contribution in [1.29, 1.82) is 0 Å². The molecule has 2 unspecified atom stereocenters. The molecule has 0 amide bonds. The molecule has 1 fully saturated rings. The first kappa shape index (κ1) is 23.1. The van der Waals surface area contributed by atoms with E-state index in [2.05, 4.69) is 27.7 Å². The van der Waals surface area contributed by atoms with E-state index in [0.717, 1.165) is 51.2 Å². The van der Waals surface area contributed by atoms with Crippen LogP contribution in [0.1, 0.15) is 79.1 Å². The summed E-state index contributed by atoms with van der Waals surface area (Å²) in [5, 5.41) is -0.451. The molecule has 150 valence electrons. The highest BCUT2D eigenvalue weighted by atomic mass is 28.4. The number of rotatable bonds is 12. The van der Waals surface area contributed by atoms with Gasteiger partial charge in [-0.3, -0.25) is 0 Å². The first-order valence-corrected chi connectivity index (χ1v) is 12.2. The van der Waals surface area contributed by atoms with Gasteiger partial charge in [-0.25, -0.2) is 0 Å². The van der Waals surface area contributed by atoms with Crippen molar-refractivity contribution in [3.8, 4) is 0 Å². The van der Waals surface area contributed by atoms with Gasteiger partial charge in [0.1, 0.15) is 5.22 Å². The molecule has 25 heavy (non-hydrogen) atoms. The van der Waals surface area contributed by atoms with Crippen molar-refractivity contribution in [2.45, 2.75) is 95.9 Å². The number of hydrogen-bond acceptors (Lipinski definition) is 4. The molecule has 2 atom stereocenters. The molecular formula is C20H42O4Si. The summed E-state index contributed by atoms with van der Waals surface area (Å²) in [7, 11) is 2.90. The normalized spacial score (nSPS) is 29.3. The fourth-order valence-corrected chi connectivity index (χ4v) is 9.20. The molecule has 0 spiro atoms. The lowest BCUT2D eigenvalue weighted by molar-refractivity contribution is -0.199. The Balaban J connectivity index is 3.34. The van der Waals surface area contributed by atoms with E-state index in [4.69, 9.17) is 18.3 Å². The third-order valence-electron chi connectivity index (χ3n) is 5.91. The standard InChI is InChI=1S/C20H42O4Si/c1-8-10-11-15-24-19(17-18(3)4)14-12-16-25(22-6,23-7)20(19,21-5)13-9-2/h18H,8-17H2,1-7H3. The van der Waals surface area contributed by atoms with Crippen LogP contribution in [0.2, 0.25) is 6.04 Å². The van der Waals surface area contributed by atoms with Crippen molar-refractivity contribution < 1.29 is 18.3 Å². The molecule has 1 aliphatic heterocycles. The molecule has 5 heteroatoms. The number of methoxy groups -OCH3 is 1. The first-order chi connectivity index (χ1) is 11.9. The molecule has 1 saturated heterocycles. The summed E-state index contributed by atoms with van der Waals surface area (Å²) in [5.41, 5.74) is -0.309. The van der Waals surface area contributed by atoms with Crippen LogP contribution >= 0.6 is 0 Å². The lowest BCUT2D eigenvalue weighted by atomic mass is 9.80. The zero-order valence-electron chi connectivity index (χ0n) is 17.8. The number of ether oxygens (including phenoxy) is 2. The molecule has 0 aromatic carbocycles. The van der Waals surface area contributed by atoms with E-state index in [1.165, 1.54) is 12.8 Å². The average Bonchev–Trinajstić information content (AvgIpc) is 2.60. The molecule has 0 bridgehead atoms. The fraction of sp³-hybridized carbons (Fsp3) is 1.00. The summed E-state index contributed by atoms with van der Waals surface area (Å²) in [5.74, 6) is 0.538. The molecule has 1 heterocycles. The first-order valence-electron chi connectivity index (χ1n) is 10.2. The summed E-state index contributed by atoms with van der Waals surface area (Å²) in [4.78, 5) is 0. The largest absolute Gasteiger partial charge is 0.396 e. The van der Waals surface area contributed by atoms with E-state index < -0.39 is 13.8 Å². The zero-order valence-corrected chi connectivity index (χ0v) is 18.8. The highest BCUT2D eigenvalue weighted by Gasteiger charge is 2.70. The van der Waals surface area contributed by atoms with Gasteiger partial charge in [0, 0.05) is 27.9 Å². The molecule has 4 nitrogen and oxygen atoms in total. The maximum atomic E-state index is 6.75. The van der Waals surface area contributed by atoms with Crippen LogP contribution in [0.15, 0.2) is 0 Å². The van der Waals surface area contributed by atoms with Crippen molar-refractivity contribution in [2.75, 3.05) is 27.9 Å². The van der Waals surface area contributed by atoms with Gasteiger partial charge < -0.3 is 18.3 Å². The van der Waals surface area contributed by atoms with Crippen LogP contribution < -0.4 is 0 Å². The smallest absolute Gasteiger partial charge is 0.373 e. The Bertz CT molecular complexity index is 373. The second-order valence-corrected chi connectivity index (χ2v) is 11.6. The van der Waals surface area contributed by atoms with Gasteiger partial charge in [0.25, 0.3) is 0 Å². The Morgan fingerprint density at radius 2 is 1.68 bits per heavy atom. The van der Waals surface area contributed by atoms with Crippen molar-refractivity contribution in [3.05, 3.63) is 0 Å². The quantitative estimate of drug-likeness (QED) is 0.346. The van der Waals surface area contributed by atoms with E-state index in [0.29, 0.717) is 5.92 Å². The number of unbranched alkanes of at least 4 members (excludes halogenated alkanes) is 2. The third-order valence-corrected chi connectivity index (χ3v) is 10.4. The van der Waals surface area contributed by atoms with Gasteiger partial charge >= 0.3 is 8.56 Å². The Morgan fingerprint density at radius 1 is 1.00 bits per heavy atom. The van der Waals surface area contributed by atoms with Crippen molar-refractivity contribution in [3.63, 3.8) is 0 Å². The monoisotopic (exact) mass is 374 g/mol. The van der Waals surface area contributed by atoms with E-state index in [-0.39, 0.29) is 5.60 Å². The van der Waals surface area contributed by atoms with Crippen molar-refractivity contribution in [1.82, 2.24) is 0 Å². The molecule has 0 aromatic rings. The van der Waals surface area contributed by atoms with E-state index in [9.17, 15) is 0 Å². The van der Waals surface area contributed by atoms with Gasteiger partial charge in [-0.05, 0) is 44.1 Å². The van der Waals surface area contributed by atoms with Crippen LogP contribution in [0.3, 0.4) is 0 Å². The summed E-state index contributed by atoms with van der Waals surface area (Å²) < 4.78 is 25.5. The number of hydrogen-bond donors (Lipinski definition) is 0. The van der Waals surface area contributed by atoms with Gasteiger partial charge in [0.05, 0.1) is 5.60 Å². The second kappa shape index (κ2) is 10.4. The summed E-state index contributed by atoms with van der Waals surface area (Å²) in [6.45, 7) is 9.81. The van der Waals surface area contributed by atoms with Crippen LogP contribution in [-0.2, 0) is 18.3 Å². The predicted octanol–water partition coefficient (Wildman–Crippen LogP) is 5.23. The molecule has 0 radical (unpaired) electrons. The molecule has 1 rings (SSSR count). The van der Waals surface area contributed by atoms with Gasteiger partial charge in [-0.1, -0.05) is 47.0 Å². The minimum atomic E-state index is -2.55. The SMILES string of the molecule is CCCCCOC1(CC(C)C)CCC[Si](OC)(OC)C1(CCC)OC. The Labute approximate surface area is 157 Å². The van der Waals surface area contributed by atoms with E-state index in [1.54, 1.807) is 0 Å². The maximum Gasteiger partial charge on any atom is 0.373 e. The van der Waals surface area contributed by atoms with Gasteiger partial charge in [-0.15, -0.1) is 0 Å². The molecule has 0 aromatic heterocycles. The zero-order chi connectivity index (χ0) is 19.0. The average molecular weight is 375 g/mol. The van der Waals surface area contributed by atoms with Crippen LogP contribution in [-0.4, -0.2) is 47.3 Å². The third kappa shape index (κ3) is 4.49. The summed E-state index contributed by atoms with van der Waals surface area (Å²) >= 11 is 0. The maximum absolute atomic E-state index is 6.75. The van der Waals surface area contributed by atoms with Crippen LogP contribution in [0, 0.1) is 5.92 Å². The predicted molar refractivity (Wildman–Crippen MR) is 106 cm³/mol. The lowest BCUT2D eigenvalue weighted by Gasteiger charge is -2.59. The van der Waals surface area contributed by atoms with Gasteiger partial charge in [-0.2, -0.15) is 0 Å². The Hall–Kier alpha value is 0.0569. The minimum Gasteiger partial charge on any atom is -0.396 e. The Morgan fingerprint density at radius 3 is 2.16 bits per heavy atom. The molecule has 0 saturated carbocycles. The van der Waals surface area contributed by atoms with Crippen molar-refractivity contribution >= 4 is 8.56 Å². The molecule has 0 aliphatic carbocycles. The van der Waals surface area contributed by atoms with E-state index >= 15 is 0 Å². The Kier molecular flexibility index (Phi) is 9.61. The minimum absolute atomic E-state index is 0.309. The highest BCUT2D eigenvalue weighted by molar-refractivity contribution is 6.71. The topological polar surface area (TPSA) is 36.9 Å². The fourth-order valence-electron chi connectivity index (χ4n) is 4.98. The lowest BCUT2D eigenvalue weighted by Crippen LogP contribution is -2.76.